The van der Waals surface area contributed by atoms with Crippen molar-refractivity contribution in [3.05, 3.63) is 42.7 Å². The summed E-state index contributed by atoms with van der Waals surface area (Å²) in [7, 11) is 1.71. The highest BCUT2D eigenvalue weighted by Crippen LogP contribution is 2.33. The Kier molecular flexibility index (Phi) is 4.62. The summed E-state index contributed by atoms with van der Waals surface area (Å²) in [6.45, 7) is 2.48. The van der Waals surface area contributed by atoms with Gasteiger partial charge in [-0.15, -0.1) is 0 Å². The molecule has 4 rings (SSSR count). The number of hydrogen-bond acceptors (Lipinski definition) is 6. The summed E-state index contributed by atoms with van der Waals surface area (Å²) in [4.78, 5) is 39.1. The van der Waals surface area contributed by atoms with Crippen molar-refractivity contribution in [2.24, 2.45) is 0 Å². The van der Waals surface area contributed by atoms with E-state index in [1.54, 1.807) is 35.3 Å². The Morgan fingerprint density at radius 2 is 1.81 bits per heavy atom. The van der Waals surface area contributed by atoms with Gasteiger partial charge in [0.25, 0.3) is 5.91 Å². The van der Waals surface area contributed by atoms with E-state index in [-0.39, 0.29) is 18.2 Å². The summed E-state index contributed by atoms with van der Waals surface area (Å²) < 4.78 is 5.80. The summed E-state index contributed by atoms with van der Waals surface area (Å²) in [6, 6.07) is 9.13. The van der Waals surface area contributed by atoms with Gasteiger partial charge in [0.15, 0.2) is 6.10 Å². The van der Waals surface area contributed by atoms with Crippen LogP contribution in [0.1, 0.15) is 6.42 Å². The van der Waals surface area contributed by atoms with E-state index in [1.807, 2.05) is 24.3 Å². The fourth-order valence-corrected chi connectivity index (χ4v) is 3.40. The number of likely N-dealkylation sites (N-methyl/N-ethyl adjacent to an activating group) is 1. The number of piperazine rings is 1. The first-order chi connectivity index (χ1) is 13.1. The second-order valence-corrected chi connectivity index (χ2v) is 6.59. The Morgan fingerprint density at radius 1 is 1.11 bits per heavy atom. The number of para-hydroxylation sites is 2. The van der Waals surface area contributed by atoms with Crippen LogP contribution in [0, 0.1) is 0 Å². The van der Waals surface area contributed by atoms with Crippen molar-refractivity contribution in [3.63, 3.8) is 0 Å². The number of rotatable bonds is 3. The van der Waals surface area contributed by atoms with Crippen LogP contribution < -0.4 is 14.5 Å². The molecule has 0 spiro atoms. The SMILES string of the molecule is CN1C(=O)C(CC(=O)N2CCN(c3ncccn3)CC2)Oc2ccccc21. The topological polar surface area (TPSA) is 78.9 Å². The summed E-state index contributed by atoms with van der Waals surface area (Å²) in [6.07, 6.45) is 2.67. The minimum absolute atomic E-state index is 0.0410. The number of aromatic nitrogens is 2. The van der Waals surface area contributed by atoms with Gasteiger partial charge in [-0.05, 0) is 18.2 Å². The highest BCUT2D eigenvalue weighted by Gasteiger charge is 2.35. The smallest absolute Gasteiger partial charge is 0.268 e. The van der Waals surface area contributed by atoms with Gasteiger partial charge in [0.2, 0.25) is 11.9 Å². The third kappa shape index (κ3) is 3.42. The normalized spacial score (nSPS) is 19.5. The van der Waals surface area contributed by atoms with E-state index in [9.17, 15) is 9.59 Å². The summed E-state index contributed by atoms with van der Waals surface area (Å²) in [5.41, 5.74) is 0.725. The fourth-order valence-electron chi connectivity index (χ4n) is 3.40. The van der Waals surface area contributed by atoms with Crippen LogP contribution >= 0.6 is 0 Å². The van der Waals surface area contributed by atoms with Crippen molar-refractivity contribution in [1.82, 2.24) is 14.9 Å². The minimum Gasteiger partial charge on any atom is -0.478 e. The predicted molar refractivity (Wildman–Crippen MR) is 99.7 cm³/mol. The van der Waals surface area contributed by atoms with E-state index in [0.717, 1.165) is 5.69 Å². The maximum absolute atomic E-state index is 12.7. The maximum atomic E-state index is 12.7. The summed E-state index contributed by atoms with van der Waals surface area (Å²) in [5.74, 6) is 1.03. The number of hydrogen-bond donors (Lipinski definition) is 0. The van der Waals surface area contributed by atoms with Crippen LogP contribution in [-0.4, -0.2) is 66.0 Å². The van der Waals surface area contributed by atoms with Crippen molar-refractivity contribution >= 4 is 23.5 Å². The second-order valence-electron chi connectivity index (χ2n) is 6.59. The number of anilines is 2. The largest absolute Gasteiger partial charge is 0.478 e. The van der Waals surface area contributed by atoms with Crippen LogP contribution in [0.5, 0.6) is 5.75 Å². The van der Waals surface area contributed by atoms with E-state index in [4.69, 9.17) is 4.74 Å². The van der Waals surface area contributed by atoms with E-state index in [2.05, 4.69) is 14.9 Å². The Hall–Kier alpha value is -3.16. The van der Waals surface area contributed by atoms with Gasteiger partial charge in [-0.3, -0.25) is 9.59 Å². The molecule has 0 saturated carbocycles. The Morgan fingerprint density at radius 3 is 2.56 bits per heavy atom. The predicted octanol–water partition coefficient (Wildman–Crippen LogP) is 0.939. The van der Waals surface area contributed by atoms with Gasteiger partial charge < -0.3 is 19.4 Å². The van der Waals surface area contributed by atoms with Crippen molar-refractivity contribution in [1.29, 1.82) is 0 Å². The van der Waals surface area contributed by atoms with E-state index in [0.29, 0.717) is 37.9 Å². The van der Waals surface area contributed by atoms with Crippen molar-refractivity contribution in [2.45, 2.75) is 12.5 Å². The monoisotopic (exact) mass is 367 g/mol. The molecule has 0 bridgehead atoms. The molecule has 2 aliphatic heterocycles. The third-order valence-electron chi connectivity index (χ3n) is 4.93. The maximum Gasteiger partial charge on any atom is 0.268 e. The number of amides is 2. The second kappa shape index (κ2) is 7.22. The molecule has 3 heterocycles. The van der Waals surface area contributed by atoms with Gasteiger partial charge in [0.05, 0.1) is 12.1 Å². The lowest BCUT2D eigenvalue weighted by Gasteiger charge is -2.36. The number of ether oxygens (including phenoxy) is 1. The fraction of sp³-hybridized carbons (Fsp3) is 0.368. The lowest BCUT2D eigenvalue weighted by atomic mass is 10.1. The molecule has 1 atom stereocenters. The zero-order chi connectivity index (χ0) is 18.8. The zero-order valence-corrected chi connectivity index (χ0v) is 15.1. The number of carbonyl (C=O) groups excluding carboxylic acids is 2. The molecule has 8 heteroatoms. The van der Waals surface area contributed by atoms with Gasteiger partial charge in [-0.2, -0.15) is 0 Å². The summed E-state index contributed by atoms with van der Waals surface area (Å²) in [5, 5.41) is 0. The standard InChI is InChI=1S/C19H21N5O3/c1-22-14-5-2-3-6-15(14)27-16(18(22)26)13-17(25)23-9-11-24(12-10-23)19-20-7-4-8-21-19/h2-8,16H,9-13H2,1H3. The molecule has 1 fully saturated rings. The van der Waals surface area contributed by atoms with Crippen LogP contribution in [0.4, 0.5) is 11.6 Å². The Bertz CT molecular complexity index is 836. The molecule has 1 aromatic carbocycles. The molecule has 8 nitrogen and oxygen atoms in total. The molecular formula is C19H21N5O3. The molecule has 1 saturated heterocycles. The lowest BCUT2D eigenvalue weighted by Crippen LogP contribution is -2.52. The molecule has 2 amide bonds. The van der Waals surface area contributed by atoms with Crippen LogP contribution in [0.3, 0.4) is 0 Å². The molecule has 0 radical (unpaired) electrons. The molecule has 140 valence electrons. The Labute approximate surface area is 157 Å². The number of fused-ring (bicyclic) bond motifs is 1. The average molecular weight is 367 g/mol. The highest BCUT2D eigenvalue weighted by molar-refractivity contribution is 6.01. The first-order valence-electron chi connectivity index (χ1n) is 8.96. The average Bonchev–Trinajstić information content (AvgIpc) is 2.72. The van der Waals surface area contributed by atoms with Crippen LogP contribution in [0.25, 0.3) is 0 Å². The molecule has 0 N–H and O–H groups in total. The molecule has 1 aromatic heterocycles. The van der Waals surface area contributed by atoms with Crippen LogP contribution in [0.15, 0.2) is 42.7 Å². The van der Waals surface area contributed by atoms with Crippen LogP contribution in [0.2, 0.25) is 0 Å². The highest BCUT2D eigenvalue weighted by atomic mass is 16.5. The number of carbonyl (C=O) groups is 2. The van der Waals surface area contributed by atoms with Crippen LogP contribution in [-0.2, 0) is 9.59 Å². The Balaban J connectivity index is 1.37. The van der Waals surface area contributed by atoms with Crippen molar-refractivity contribution in [3.8, 4) is 5.75 Å². The van der Waals surface area contributed by atoms with Crippen molar-refractivity contribution in [2.75, 3.05) is 43.0 Å². The van der Waals surface area contributed by atoms with Crippen molar-refractivity contribution < 1.29 is 14.3 Å². The number of benzene rings is 1. The minimum atomic E-state index is -0.784. The molecule has 2 aliphatic rings. The molecular weight excluding hydrogens is 346 g/mol. The quantitative estimate of drug-likeness (QED) is 0.803. The molecule has 2 aromatic rings. The van der Waals surface area contributed by atoms with Gasteiger partial charge in [-0.25, -0.2) is 9.97 Å². The first kappa shape index (κ1) is 17.3. The number of nitrogens with zero attached hydrogens (tertiary/aromatic N) is 5. The van der Waals surface area contributed by atoms with E-state index in [1.165, 1.54) is 0 Å². The van der Waals surface area contributed by atoms with Gasteiger partial charge in [0, 0.05) is 45.6 Å². The van der Waals surface area contributed by atoms with E-state index >= 15 is 0 Å². The third-order valence-corrected chi connectivity index (χ3v) is 4.93. The van der Waals surface area contributed by atoms with Gasteiger partial charge in [-0.1, -0.05) is 12.1 Å². The van der Waals surface area contributed by atoms with Gasteiger partial charge in [0.1, 0.15) is 5.75 Å². The zero-order valence-electron chi connectivity index (χ0n) is 15.1. The first-order valence-corrected chi connectivity index (χ1v) is 8.96. The van der Waals surface area contributed by atoms with E-state index < -0.39 is 6.10 Å². The molecule has 1 unspecified atom stereocenters. The van der Waals surface area contributed by atoms with Gasteiger partial charge >= 0.3 is 0 Å². The molecule has 0 aliphatic carbocycles. The molecule has 27 heavy (non-hydrogen) atoms. The lowest BCUT2D eigenvalue weighted by molar-refractivity contribution is -0.138. The summed E-state index contributed by atoms with van der Waals surface area (Å²) >= 11 is 0.